The average Bonchev–Trinajstić information content (AvgIpc) is 2.23. The number of nitrogens with zero attached hydrogens (tertiary/aromatic N) is 2. The van der Waals surface area contributed by atoms with Crippen LogP contribution in [0, 0.1) is 5.82 Å². The van der Waals surface area contributed by atoms with E-state index in [9.17, 15) is 4.39 Å². The molecular weight excluding hydrogens is 282 g/mol. The van der Waals surface area contributed by atoms with Gasteiger partial charge in [0, 0.05) is 10.6 Å². The molecule has 0 bridgehead atoms. The second-order valence-electron chi connectivity index (χ2n) is 2.85. The lowest BCUT2D eigenvalue weighted by molar-refractivity contribution is 0.630. The quantitative estimate of drug-likeness (QED) is 0.799. The third-order valence-electron chi connectivity index (χ3n) is 1.82. The van der Waals surface area contributed by atoms with Gasteiger partial charge in [-0.1, -0.05) is 11.6 Å². The van der Waals surface area contributed by atoms with Gasteiger partial charge in [-0.3, -0.25) is 4.98 Å². The van der Waals surface area contributed by atoms with Gasteiger partial charge in [-0.2, -0.15) is 0 Å². The largest absolute Gasteiger partial charge is 0.252 e. The number of aromatic nitrogens is 2. The van der Waals surface area contributed by atoms with Gasteiger partial charge in [-0.25, -0.2) is 9.37 Å². The summed E-state index contributed by atoms with van der Waals surface area (Å²) in [6.45, 7) is 0. The van der Waals surface area contributed by atoms with Gasteiger partial charge in [0.1, 0.15) is 10.4 Å². The molecule has 0 fully saturated rings. The zero-order valence-electron chi connectivity index (χ0n) is 7.42. The molecule has 0 radical (unpaired) electrons. The van der Waals surface area contributed by atoms with Crippen LogP contribution in [-0.2, 0) is 0 Å². The van der Waals surface area contributed by atoms with E-state index in [1.807, 2.05) is 0 Å². The van der Waals surface area contributed by atoms with E-state index in [4.69, 9.17) is 11.6 Å². The molecule has 0 aliphatic carbocycles. The minimum absolute atomic E-state index is 0.350. The first kappa shape index (κ1) is 10.5. The molecule has 0 spiro atoms. The highest BCUT2D eigenvalue weighted by molar-refractivity contribution is 9.10. The lowest BCUT2D eigenvalue weighted by Gasteiger charge is -2.02. The molecule has 0 atom stereocenters. The zero-order valence-corrected chi connectivity index (χ0v) is 9.76. The number of rotatable bonds is 1. The Labute approximate surface area is 99.3 Å². The number of benzene rings is 1. The highest BCUT2D eigenvalue weighted by Crippen LogP contribution is 2.24. The first-order valence-electron chi connectivity index (χ1n) is 4.10. The molecule has 0 unspecified atom stereocenters. The van der Waals surface area contributed by atoms with Crippen molar-refractivity contribution in [1.29, 1.82) is 0 Å². The summed E-state index contributed by atoms with van der Waals surface area (Å²) in [5, 5.41) is 0.469. The van der Waals surface area contributed by atoms with E-state index >= 15 is 0 Å². The van der Waals surface area contributed by atoms with Crippen molar-refractivity contribution >= 4 is 27.5 Å². The van der Waals surface area contributed by atoms with Crippen LogP contribution in [-0.4, -0.2) is 9.97 Å². The maximum absolute atomic E-state index is 13.4. The Hall–Kier alpha value is -1.00. The Bertz CT molecular complexity index is 487. The molecule has 0 saturated carbocycles. The Balaban J connectivity index is 2.53. The van der Waals surface area contributed by atoms with Gasteiger partial charge in [-0.15, -0.1) is 0 Å². The molecule has 76 valence electrons. The monoisotopic (exact) mass is 286 g/mol. The van der Waals surface area contributed by atoms with E-state index in [0.29, 0.717) is 20.9 Å². The van der Waals surface area contributed by atoms with E-state index in [-0.39, 0.29) is 5.82 Å². The predicted octanol–water partition coefficient (Wildman–Crippen LogP) is 3.70. The van der Waals surface area contributed by atoms with Crippen molar-refractivity contribution in [1.82, 2.24) is 9.97 Å². The molecule has 2 nitrogen and oxygen atoms in total. The lowest BCUT2D eigenvalue weighted by atomic mass is 10.1. The van der Waals surface area contributed by atoms with Crippen molar-refractivity contribution in [3.05, 3.63) is 46.0 Å². The zero-order chi connectivity index (χ0) is 10.8. The summed E-state index contributed by atoms with van der Waals surface area (Å²) in [6, 6.07) is 4.32. The molecule has 1 aromatic heterocycles. The Morgan fingerprint density at radius 3 is 2.67 bits per heavy atom. The number of hydrogen-bond acceptors (Lipinski definition) is 2. The normalized spacial score (nSPS) is 10.3. The first-order chi connectivity index (χ1) is 7.16. The van der Waals surface area contributed by atoms with Crippen molar-refractivity contribution in [3.8, 4) is 11.3 Å². The molecule has 2 aromatic rings. The minimum Gasteiger partial charge on any atom is -0.252 e. The SMILES string of the molecule is Fc1ccc(Cl)cc1-c1cnc(Br)cn1. The van der Waals surface area contributed by atoms with E-state index in [0.717, 1.165) is 0 Å². The van der Waals surface area contributed by atoms with Crippen molar-refractivity contribution in [2.45, 2.75) is 0 Å². The minimum atomic E-state index is -0.365. The van der Waals surface area contributed by atoms with Crippen molar-refractivity contribution < 1.29 is 4.39 Å². The Kier molecular flexibility index (Phi) is 2.98. The third-order valence-corrected chi connectivity index (χ3v) is 2.47. The molecule has 0 aliphatic rings. The van der Waals surface area contributed by atoms with E-state index in [1.54, 1.807) is 0 Å². The average molecular weight is 288 g/mol. The van der Waals surface area contributed by atoms with Crippen LogP contribution in [0.3, 0.4) is 0 Å². The fraction of sp³-hybridized carbons (Fsp3) is 0. The lowest BCUT2D eigenvalue weighted by Crippen LogP contribution is -1.89. The van der Waals surface area contributed by atoms with Gasteiger partial charge in [-0.05, 0) is 34.1 Å². The summed E-state index contributed by atoms with van der Waals surface area (Å²) in [6.07, 6.45) is 2.99. The Morgan fingerprint density at radius 1 is 1.20 bits per heavy atom. The van der Waals surface area contributed by atoms with Crippen LogP contribution in [0.4, 0.5) is 4.39 Å². The molecular formula is C10H5BrClFN2. The fourth-order valence-electron chi connectivity index (χ4n) is 1.15. The van der Waals surface area contributed by atoms with Gasteiger partial charge < -0.3 is 0 Å². The second kappa shape index (κ2) is 4.24. The van der Waals surface area contributed by atoms with Crippen molar-refractivity contribution in [3.63, 3.8) is 0 Å². The van der Waals surface area contributed by atoms with Crippen molar-refractivity contribution in [2.75, 3.05) is 0 Å². The number of halogens is 3. The van der Waals surface area contributed by atoms with Crippen LogP contribution < -0.4 is 0 Å². The molecule has 1 aromatic carbocycles. The van der Waals surface area contributed by atoms with E-state index in [2.05, 4.69) is 25.9 Å². The highest BCUT2D eigenvalue weighted by atomic mass is 79.9. The van der Waals surface area contributed by atoms with Gasteiger partial charge in [0.15, 0.2) is 0 Å². The van der Waals surface area contributed by atoms with Gasteiger partial charge >= 0.3 is 0 Å². The maximum Gasteiger partial charge on any atom is 0.132 e. The maximum atomic E-state index is 13.4. The molecule has 0 saturated heterocycles. The van der Waals surface area contributed by atoms with Gasteiger partial charge in [0.25, 0.3) is 0 Å². The summed E-state index contributed by atoms with van der Waals surface area (Å²) >= 11 is 8.93. The third kappa shape index (κ3) is 2.33. The summed E-state index contributed by atoms with van der Waals surface area (Å²) in [5.74, 6) is -0.365. The predicted molar refractivity (Wildman–Crippen MR) is 60.1 cm³/mol. The van der Waals surface area contributed by atoms with Crippen LogP contribution >= 0.6 is 27.5 Å². The summed E-state index contributed by atoms with van der Waals surface area (Å²) in [7, 11) is 0. The molecule has 2 rings (SSSR count). The van der Waals surface area contributed by atoms with E-state index in [1.165, 1.54) is 30.6 Å². The van der Waals surface area contributed by atoms with Crippen LogP contribution in [0.2, 0.25) is 5.02 Å². The van der Waals surface area contributed by atoms with Crippen molar-refractivity contribution in [2.24, 2.45) is 0 Å². The molecule has 0 aliphatic heterocycles. The summed E-state index contributed by atoms with van der Waals surface area (Å²) in [4.78, 5) is 8.01. The highest BCUT2D eigenvalue weighted by Gasteiger charge is 2.07. The summed E-state index contributed by atoms with van der Waals surface area (Å²) < 4.78 is 14.0. The Morgan fingerprint density at radius 2 is 2.00 bits per heavy atom. The van der Waals surface area contributed by atoms with Crippen LogP contribution in [0.1, 0.15) is 0 Å². The standard InChI is InChI=1S/C10H5BrClFN2/c11-10-5-14-9(4-15-10)7-3-6(12)1-2-8(7)13/h1-5H. The van der Waals surface area contributed by atoms with E-state index < -0.39 is 0 Å². The molecule has 1 heterocycles. The molecule has 0 amide bonds. The first-order valence-corrected chi connectivity index (χ1v) is 5.27. The smallest absolute Gasteiger partial charge is 0.132 e. The summed E-state index contributed by atoms with van der Waals surface area (Å²) in [5.41, 5.74) is 0.806. The van der Waals surface area contributed by atoms with Crippen LogP contribution in [0.25, 0.3) is 11.3 Å². The van der Waals surface area contributed by atoms with Gasteiger partial charge in [0.05, 0.1) is 18.1 Å². The molecule has 15 heavy (non-hydrogen) atoms. The van der Waals surface area contributed by atoms with Crippen LogP contribution in [0.15, 0.2) is 35.2 Å². The van der Waals surface area contributed by atoms with Crippen LogP contribution in [0.5, 0.6) is 0 Å². The number of hydrogen-bond donors (Lipinski definition) is 0. The molecule has 5 heteroatoms. The topological polar surface area (TPSA) is 25.8 Å². The fourth-order valence-corrected chi connectivity index (χ4v) is 1.52. The molecule has 0 N–H and O–H groups in total. The van der Waals surface area contributed by atoms with Gasteiger partial charge in [0.2, 0.25) is 0 Å². The second-order valence-corrected chi connectivity index (χ2v) is 4.10.